The lowest BCUT2D eigenvalue weighted by Gasteiger charge is -2.10. The van der Waals surface area contributed by atoms with Crippen LogP contribution in [0.2, 0.25) is 10.0 Å². The van der Waals surface area contributed by atoms with Gasteiger partial charge in [-0.1, -0.05) is 29.3 Å². The zero-order chi connectivity index (χ0) is 14.5. The largest absolute Gasteiger partial charge is 0.388 e. The van der Waals surface area contributed by atoms with Gasteiger partial charge in [-0.15, -0.1) is 11.3 Å². The maximum absolute atomic E-state index is 11.9. The summed E-state index contributed by atoms with van der Waals surface area (Å²) >= 11 is 13.2. The number of hydrogen-bond acceptors (Lipinski definition) is 3. The van der Waals surface area contributed by atoms with Gasteiger partial charge in [0, 0.05) is 16.4 Å². The zero-order valence-corrected chi connectivity index (χ0v) is 12.8. The number of rotatable bonds is 5. The van der Waals surface area contributed by atoms with Gasteiger partial charge in [-0.25, -0.2) is 0 Å². The van der Waals surface area contributed by atoms with Crippen LogP contribution in [0.1, 0.15) is 27.8 Å². The van der Waals surface area contributed by atoms with Crippen LogP contribution >= 0.6 is 34.5 Å². The summed E-state index contributed by atoms with van der Waals surface area (Å²) < 4.78 is 0. The molecule has 0 aliphatic rings. The molecule has 2 aromatic rings. The van der Waals surface area contributed by atoms with Crippen molar-refractivity contribution in [1.82, 2.24) is 5.32 Å². The molecule has 0 fully saturated rings. The highest BCUT2D eigenvalue weighted by Crippen LogP contribution is 2.22. The summed E-state index contributed by atoms with van der Waals surface area (Å²) in [6.45, 7) is 0.372. The lowest BCUT2D eigenvalue weighted by molar-refractivity contribution is 0.0943. The van der Waals surface area contributed by atoms with Gasteiger partial charge < -0.3 is 10.4 Å². The van der Waals surface area contributed by atoms with E-state index in [0.29, 0.717) is 28.6 Å². The third-order valence-electron chi connectivity index (χ3n) is 2.75. The Labute approximate surface area is 131 Å². The lowest BCUT2D eigenvalue weighted by atomic mass is 10.2. The molecule has 0 bridgehead atoms. The number of aliphatic hydroxyl groups is 1. The Morgan fingerprint density at radius 3 is 2.80 bits per heavy atom. The van der Waals surface area contributed by atoms with Crippen molar-refractivity contribution in [2.45, 2.75) is 12.5 Å². The first kappa shape index (κ1) is 15.3. The van der Waals surface area contributed by atoms with Crippen LogP contribution in [0.4, 0.5) is 0 Å². The Bertz CT molecular complexity index is 587. The van der Waals surface area contributed by atoms with Gasteiger partial charge in [-0.2, -0.15) is 0 Å². The van der Waals surface area contributed by atoms with Crippen molar-refractivity contribution in [1.29, 1.82) is 0 Å². The van der Waals surface area contributed by atoms with Crippen molar-refractivity contribution in [3.05, 3.63) is 56.2 Å². The molecule has 1 heterocycles. The monoisotopic (exact) mass is 329 g/mol. The quantitative estimate of drug-likeness (QED) is 0.873. The fraction of sp³-hybridized carbons (Fsp3) is 0.214. The number of hydrogen-bond donors (Lipinski definition) is 2. The van der Waals surface area contributed by atoms with Crippen LogP contribution in [-0.4, -0.2) is 17.6 Å². The third kappa shape index (κ3) is 3.96. The second kappa shape index (κ2) is 7.09. The van der Waals surface area contributed by atoms with Crippen molar-refractivity contribution in [2.24, 2.45) is 0 Å². The first-order chi connectivity index (χ1) is 9.58. The Balaban J connectivity index is 1.86. The van der Waals surface area contributed by atoms with Crippen molar-refractivity contribution in [2.75, 3.05) is 6.54 Å². The second-order valence-corrected chi connectivity index (χ2v) is 6.02. The summed E-state index contributed by atoms with van der Waals surface area (Å²) in [5, 5.41) is 15.3. The van der Waals surface area contributed by atoms with Crippen LogP contribution in [0.15, 0.2) is 35.7 Å². The average molecular weight is 330 g/mol. The zero-order valence-electron chi connectivity index (χ0n) is 10.5. The molecule has 3 nitrogen and oxygen atoms in total. The standard InChI is InChI=1S/C14H13Cl2NO2S/c15-9-3-4-10(11(16)8-9)14(19)17-6-5-12(18)13-2-1-7-20-13/h1-4,7-8,12,18H,5-6H2,(H,17,19). The van der Waals surface area contributed by atoms with Gasteiger partial charge in [-0.05, 0) is 36.1 Å². The van der Waals surface area contributed by atoms with Gasteiger partial charge in [0.25, 0.3) is 5.91 Å². The summed E-state index contributed by atoms with van der Waals surface area (Å²) in [6.07, 6.45) is -0.103. The molecule has 0 saturated carbocycles. The van der Waals surface area contributed by atoms with Crippen molar-refractivity contribution < 1.29 is 9.90 Å². The minimum atomic E-state index is -0.559. The van der Waals surface area contributed by atoms with E-state index in [9.17, 15) is 9.90 Å². The molecule has 1 aromatic carbocycles. The summed E-state index contributed by atoms with van der Waals surface area (Å²) in [4.78, 5) is 12.8. The molecule has 20 heavy (non-hydrogen) atoms. The summed E-state index contributed by atoms with van der Waals surface area (Å²) in [5.74, 6) is -0.273. The van der Waals surface area contributed by atoms with Crippen LogP contribution in [0, 0.1) is 0 Å². The fourth-order valence-electron chi connectivity index (χ4n) is 1.71. The van der Waals surface area contributed by atoms with Crippen molar-refractivity contribution in [3.8, 4) is 0 Å². The molecule has 0 radical (unpaired) electrons. The molecule has 1 amide bonds. The molecular formula is C14H13Cl2NO2S. The topological polar surface area (TPSA) is 49.3 Å². The smallest absolute Gasteiger partial charge is 0.252 e. The van der Waals surface area contributed by atoms with E-state index in [1.54, 1.807) is 12.1 Å². The maximum atomic E-state index is 11.9. The molecule has 1 aromatic heterocycles. The average Bonchev–Trinajstić information content (AvgIpc) is 2.92. The van der Waals surface area contributed by atoms with Crippen molar-refractivity contribution >= 4 is 40.4 Å². The van der Waals surface area contributed by atoms with Gasteiger partial charge in [0.1, 0.15) is 0 Å². The molecule has 6 heteroatoms. The fourth-order valence-corrected chi connectivity index (χ4v) is 2.96. The van der Waals surface area contributed by atoms with Crippen LogP contribution < -0.4 is 5.32 Å². The highest BCUT2D eigenvalue weighted by molar-refractivity contribution is 7.10. The van der Waals surface area contributed by atoms with Gasteiger partial charge in [0.15, 0.2) is 0 Å². The first-order valence-corrected chi connectivity index (χ1v) is 7.66. The predicted molar refractivity (Wildman–Crippen MR) is 82.7 cm³/mol. The maximum Gasteiger partial charge on any atom is 0.252 e. The van der Waals surface area contributed by atoms with Crippen molar-refractivity contribution in [3.63, 3.8) is 0 Å². The normalized spacial score (nSPS) is 12.2. The molecule has 0 saturated heterocycles. The second-order valence-electron chi connectivity index (χ2n) is 4.20. The highest BCUT2D eigenvalue weighted by Gasteiger charge is 2.12. The summed E-state index contributed by atoms with van der Waals surface area (Å²) in [6, 6.07) is 8.47. The van der Waals surface area contributed by atoms with Gasteiger partial charge in [-0.3, -0.25) is 4.79 Å². The first-order valence-electron chi connectivity index (χ1n) is 6.02. The van der Waals surface area contributed by atoms with E-state index in [2.05, 4.69) is 5.32 Å². The molecule has 0 aliphatic carbocycles. The van der Waals surface area contributed by atoms with Crippen LogP contribution in [0.25, 0.3) is 0 Å². The van der Waals surface area contributed by atoms with Crippen LogP contribution in [0.3, 0.4) is 0 Å². The molecule has 1 unspecified atom stereocenters. The van der Waals surface area contributed by atoms with Crippen LogP contribution in [-0.2, 0) is 0 Å². The number of carbonyl (C=O) groups is 1. The van der Waals surface area contributed by atoms with E-state index in [-0.39, 0.29) is 5.91 Å². The Kier molecular flexibility index (Phi) is 5.43. The SMILES string of the molecule is O=C(NCCC(O)c1cccs1)c1ccc(Cl)cc1Cl. The Morgan fingerprint density at radius 1 is 1.35 bits per heavy atom. The number of amides is 1. The summed E-state index contributed by atoms with van der Waals surface area (Å²) in [5.41, 5.74) is 0.377. The number of carbonyl (C=O) groups excluding carboxylic acids is 1. The molecule has 0 spiro atoms. The Hall–Kier alpha value is -1.07. The number of thiophene rings is 1. The molecule has 106 valence electrons. The minimum absolute atomic E-state index is 0.273. The molecule has 2 rings (SSSR count). The van der Waals surface area contributed by atoms with Gasteiger partial charge in [0.05, 0.1) is 16.7 Å². The van der Waals surface area contributed by atoms with Gasteiger partial charge >= 0.3 is 0 Å². The minimum Gasteiger partial charge on any atom is -0.388 e. The van der Waals surface area contributed by atoms with E-state index in [4.69, 9.17) is 23.2 Å². The number of nitrogens with one attached hydrogen (secondary N) is 1. The molecular weight excluding hydrogens is 317 g/mol. The van der Waals surface area contributed by atoms with E-state index in [1.165, 1.54) is 17.4 Å². The highest BCUT2D eigenvalue weighted by atomic mass is 35.5. The summed E-state index contributed by atoms with van der Waals surface area (Å²) in [7, 11) is 0. The van der Waals surface area contributed by atoms with E-state index < -0.39 is 6.10 Å². The Morgan fingerprint density at radius 2 is 2.15 bits per heavy atom. The number of benzene rings is 1. The third-order valence-corrected chi connectivity index (χ3v) is 4.27. The molecule has 0 aliphatic heterocycles. The van der Waals surface area contributed by atoms with E-state index >= 15 is 0 Å². The predicted octanol–water partition coefficient (Wildman–Crippen LogP) is 3.91. The molecule has 1 atom stereocenters. The number of aliphatic hydroxyl groups excluding tert-OH is 1. The van der Waals surface area contributed by atoms with E-state index in [0.717, 1.165) is 4.88 Å². The van der Waals surface area contributed by atoms with Crippen LogP contribution in [0.5, 0.6) is 0 Å². The van der Waals surface area contributed by atoms with E-state index in [1.807, 2.05) is 17.5 Å². The molecule has 2 N–H and O–H groups in total. The van der Waals surface area contributed by atoms with Gasteiger partial charge in [0.2, 0.25) is 0 Å². The lowest BCUT2D eigenvalue weighted by Crippen LogP contribution is -2.25. The number of halogens is 2.